The summed E-state index contributed by atoms with van der Waals surface area (Å²) < 4.78 is 0. The van der Waals surface area contributed by atoms with Crippen LogP contribution in [0.4, 0.5) is 17.1 Å². The van der Waals surface area contributed by atoms with Gasteiger partial charge < -0.3 is 4.90 Å². The third kappa shape index (κ3) is 4.87. The van der Waals surface area contributed by atoms with E-state index in [1.165, 1.54) is 20.6 Å². The van der Waals surface area contributed by atoms with Crippen LogP contribution in [0, 0.1) is 0 Å². The third-order valence-corrected chi connectivity index (χ3v) is 7.91. The summed E-state index contributed by atoms with van der Waals surface area (Å²) in [6.45, 7) is 4.54. The second-order valence-electron chi connectivity index (χ2n) is 9.93. The normalized spacial score (nSPS) is 13.8. The summed E-state index contributed by atoms with van der Waals surface area (Å²) >= 11 is 5.39. The summed E-state index contributed by atoms with van der Waals surface area (Å²) in [4.78, 5) is 31.4. The van der Waals surface area contributed by atoms with Crippen LogP contribution >= 0.6 is 12.2 Å². The average Bonchev–Trinajstić information content (AvgIpc) is 3.00. The molecule has 1 aliphatic rings. The van der Waals surface area contributed by atoms with Gasteiger partial charge in [0.1, 0.15) is 5.57 Å². The van der Waals surface area contributed by atoms with Crippen molar-refractivity contribution in [3.63, 3.8) is 0 Å². The number of hydrogen-bond acceptors (Lipinski definition) is 4. The van der Waals surface area contributed by atoms with Crippen molar-refractivity contribution in [1.82, 2.24) is 9.80 Å². The van der Waals surface area contributed by atoms with Gasteiger partial charge in [-0.25, -0.2) is 0 Å². The highest BCUT2D eigenvalue weighted by atomic mass is 32.1. The van der Waals surface area contributed by atoms with Crippen LogP contribution < -0.4 is 4.90 Å². The molecular weight excluding hydrogens is 526 g/mol. The lowest BCUT2D eigenvalue weighted by Gasteiger charge is -2.35. The molecule has 1 fully saturated rings. The lowest BCUT2D eigenvalue weighted by molar-refractivity contribution is -0.133. The Bertz CT molecular complexity index is 1820. The molecule has 0 aromatic heterocycles. The zero-order chi connectivity index (χ0) is 28.5. The minimum Gasteiger partial charge on any atom is -0.310 e. The van der Waals surface area contributed by atoms with Crippen molar-refractivity contribution in [3.8, 4) is 0 Å². The van der Waals surface area contributed by atoms with Crippen LogP contribution in [0.15, 0.2) is 115 Å². The molecule has 2 amide bonds. The molecule has 1 aliphatic heterocycles. The molecule has 0 N–H and O–H groups in total. The van der Waals surface area contributed by atoms with E-state index < -0.39 is 0 Å². The number of benzene rings is 5. The molecule has 0 saturated carbocycles. The van der Waals surface area contributed by atoms with Gasteiger partial charge in [0.25, 0.3) is 11.8 Å². The van der Waals surface area contributed by atoms with Crippen molar-refractivity contribution < 1.29 is 9.59 Å². The van der Waals surface area contributed by atoms with Crippen LogP contribution in [-0.2, 0) is 9.59 Å². The van der Waals surface area contributed by atoms with Gasteiger partial charge in [-0.15, -0.1) is 0 Å². The summed E-state index contributed by atoms with van der Waals surface area (Å²) in [6.07, 6.45) is 1.68. The summed E-state index contributed by atoms with van der Waals surface area (Å²) in [5.74, 6) is -0.701. The van der Waals surface area contributed by atoms with Gasteiger partial charge in [-0.1, -0.05) is 66.7 Å². The van der Waals surface area contributed by atoms with Gasteiger partial charge in [-0.05, 0) is 102 Å². The van der Waals surface area contributed by atoms with Crippen LogP contribution in [0.1, 0.15) is 19.4 Å². The van der Waals surface area contributed by atoms with Crippen LogP contribution in [-0.4, -0.2) is 39.8 Å². The van der Waals surface area contributed by atoms with E-state index in [1.54, 1.807) is 6.08 Å². The van der Waals surface area contributed by atoms with Gasteiger partial charge in [-0.2, -0.15) is 0 Å². The van der Waals surface area contributed by atoms with Gasteiger partial charge in [0.05, 0.1) is 0 Å². The Balaban J connectivity index is 1.40. The van der Waals surface area contributed by atoms with Crippen molar-refractivity contribution in [2.45, 2.75) is 13.8 Å². The first kappa shape index (κ1) is 26.4. The molecule has 0 aliphatic carbocycles. The predicted octanol–water partition coefficient (Wildman–Crippen LogP) is 7.84. The van der Waals surface area contributed by atoms with Crippen molar-refractivity contribution in [2.24, 2.45) is 0 Å². The second kappa shape index (κ2) is 11.0. The van der Waals surface area contributed by atoms with Gasteiger partial charge in [0.15, 0.2) is 5.11 Å². The molecule has 6 heteroatoms. The molecule has 0 atom stereocenters. The molecule has 5 aromatic rings. The van der Waals surface area contributed by atoms with Gasteiger partial charge in [-0.3, -0.25) is 19.4 Å². The summed E-state index contributed by atoms with van der Waals surface area (Å²) in [6, 6.07) is 37.6. The van der Waals surface area contributed by atoms with Crippen molar-refractivity contribution in [1.29, 1.82) is 0 Å². The Morgan fingerprint density at radius 1 is 0.610 bits per heavy atom. The predicted molar refractivity (Wildman–Crippen MR) is 171 cm³/mol. The first-order valence-electron chi connectivity index (χ1n) is 13.8. The zero-order valence-corrected chi connectivity index (χ0v) is 23.8. The fourth-order valence-electron chi connectivity index (χ4n) is 5.37. The largest absolute Gasteiger partial charge is 0.310 e. The molecule has 6 rings (SSSR count). The maximum absolute atomic E-state index is 13.1. The highest BCUT2D eigenvalue weighted by Gasteiger charge is 2.37. The highest BCUT2D eigenvalue weighted by Crippen LogP contribution is 2.37. The summed E-state index contributed by atoms with van der Waals surface area (Å²) in [5.41, 5.74) is 4.09. The molecule has 1 saturated heterocycles. The molecule has 5 aromatic carbocycles. The van der Waals surface area contributed by atoms with E-state index >= 15 is 0 Å². The Hall–Kier alpha value is -4.81. The number of thiocarbonyl (C=S) groups is 1. The number of carbonyl (C=O) groups excluding carboxylic acids is 2. The molecule has 1 heterocycles. The number of fused-ring (bicyclic) bond motifs is 2. The quantitative estimate of drug-likeness (QED) is 0.122. The monoisotopic (exact) mass is 555 g/mol. The van der Waals surface area contributed by atoms with E-state index in [4.69, 9.17) is 12.2 Å². The summed E-state index contributed by atoms with van der Waals surface area (Å²) in [5, 5.41) is 4.72. The molecule has 5 nitrogen and oxygen atoms in total. The number of likely N-dealkylation sites (N-methyl/N-ethyl adjacent to an activating group) is 2. The molecule has 0 unspecified atom stereocenters. The zero-order valence-electron chi connectivity index (χ0n) is 23.0. The number of anilines is 3. The molecule has 0 radical (unpaired) electrons. The van der Waals surface area contributed by atoms with Gasteiger partial charge in [0, 0.05) is 30.2 Å². The average molecular weight is 556 g/mol. The molecule has 0 bridgehead atoms. The van der Waals surface area contributed by atoms with Crippen molar-refractivity contribution in [2.75, 3.05) is 18.0 Å². The van der Waals surface area contributed by atoms with Crippen LogP contribution in [0.5, 0.6) is 0 Å². The van der Waals surface area contributed by atoms with Crippen LogP contribution in [0.3, 0.4) is 0 Å². The molecular formula is C35H29N3O2S. The fraction of sp³-hybridized carbons (Fsp3) is 0.114. The molecule has 202 valence electrons. The van der Waals surface area contributed by atoms with E-state index in [9.17, 15) is 9.59 Å². The van der Waals surface area contributed by atoms with Crippen molar-refractivity contribution >= 4 is 73.8 Å². The number of carbonyl (C=O) groups is 2. The highest BCUT2D eigenvalue weighted by molar-refractivity contribution is 7.80. The Morgan fingerprint density at radius 3 is 1.76 bits per heavy atom. The van der Waals surface area contributed by atoms with E-state index in [2.05, 4.69) is 77.7 Å². The maximum atomic E-state index is 13.1. The van der Waals surface area contributed by atoms with Crippen LogP contribution in [0.25, 0.3) is 27.6 Å². The van der Waals surface area contributed by atoms with Crippen LogP contribution in [0.2, 0.25) is 0 Å². The standard InChI is InChI=1S/C35H29N3O2S/c1-3-36-33(39)32(34(40)37(4-2)35(36)41)21-24-14-15-28-23-31(19-17-27(28)20-24)38(29-12-6-5-7-13-29)30-18-16-25-10-8-9-11-26(25)22-30/h5-23H,3-4H2,1-2H3. The Labute approximate surface area is 244 Å². The minimum absolute atomic E-state index is 0.129. The maximum Gasteiger partial charge on any atom is 0.265 e. The third-order valence-electron chi connectivity index (χ3n) is 7.47. The second-order valence-corrected chi connectivity index (χ2v) is 10.3. The van der Waals surface area contributed by atoms with Gasteiger partial charge >= 0.3 is 0 Å². The number of para-hydroxylation sites is 1. The first-order chi connectivity index (χ1) is 20.0. The van der Waals surface area contributed by atoms with Gasteiger partial charge in [0.2, 0.25) is 0 Å². The number of hydrogen-bond donors (Lipinski definition) is 0. The van der Waals surface area contributed by atoms with Crippen molar-refractivity contribution in [3.05, 3.63) is 120 Å². The van der Waals surface area contributed by atoms with E-state index in [0.717, 1.165) is 33.4 Å². The molecule has 0 spiro atoms. The van der Waals surface area contributed by atoms with E-state index in [-0.39, 0.29) is 22.5 Å². The van der Waals surface area contributed by atoms with E-state index in [0.29, 0.717) is 13.1 Å². The smallest absolute Gasteiger partial charge is 0.265 e. The number of amides is 2. The summed E-state index contributed by atoms with van der Waals surface area (Å²) in [7, 11) is 0. The molecule has 41 heavy (non-hydrogen) atoms. The Kier molecular flexibility index (Phi) is 7.08. The Morgan fingerprint density at radius 2 is 1.12 bits per heavy atom. The minimum atomic E-state index is -0.350. The first-order valence-corrected chi connectivity index (χ1v) is 14.2. The SMILES string of the molecule is CCN1C(=O)C(=Cc2ccc3cc(N(c4ccccc4)c4ccc5ccccc5c4)ccc3c2)C(=O)N(CC)C1=S. The lowest BCUT2D eigenvalue weighted by atomic mass is 10.0. The van der Waals surface area contributed by atoms with E-state index in [1.807, 2.05) is 50.2 Å². The topological polar surface area (TPSA) is 43.9 Å². The lowest BCUT2D eigenvalue weighted by Crippen LogP contribution is -2.55. The number of rotatable bonds is 6. The fourth-order valence-corrected chi connectivity index (χ4v) is 5.79. The number of nitrogens with zero attached hydrogens (tertiary/aromatic N) is 3.